The topological polar surface area (TPSA) is 46.3 Å². The third kappa shape index (κ3) is 4.03. The molecule has 0 radical (unpaired) electrons. The number of benzene rings is 1. The zero-order valence-electron chi connectivity index (χ0n) is 9.86. The third-order valence-corrected chi connectivity index (χ3v) is 2.53. The molecule has 0 atom stereocenters. The number of carbonyl (C=O) groups excluding carboxylic acids is 1. The maximum absolute atomic E-state index is 11.6. The molecule has 3 nitrogen and oxygen atoms in total. The first-order valence-corrected chi connectivity index (χ1v) is 5.79. The third-order valence-electron chi connectivity index (χ3n) is 2.53. The Morgan fingerprint density at radius 2 is 2.00 bits per heavy atom. The van der Waals surface area contributed by atoms with E-state index >= 15 is 0 Å². The summed E-state index contributed by atoms with van der Waals surface area (Å²) in [6.07, 6.45) is 2.11. The molecule has 0 spiro atoms. The molecular formula is C13H20N2O. The van der Waals surface area contributed by atoms with E-state index in [0.717, 1.165) is 24.9 Å². The molecule has 0 saturated carbocycles. The highest BCUT2D eigenvalue weighted by atomic mass is 16.2. The SMILES string of the molecule is CCCCN(Cc1ccccc1)C(=O)CN. The van der Waals surface area contributed by atoms with Gasteiger partial charge in [-0.25, -0.2) is 0 Å². The Hall–Kier alpha value is -1.35. The predicted molar refractivity (Wildman–Crippen MR) is 65.8 cm³/mol. The van der Waals surface area contributed by atoms with Crippen LogP contribution in [0.1, 0.15) is 25.3 Å². The van der Waals surface area contributed by atoms with Gasteiger partial charge in [0, 0.05) is 13.1 Å². The molecule has 0 saturated heterocycles. The van der Waals surface area contributed by atoms with Crippen LogP contribution in [0.5, 0.6) is 0 Å². The summed E-state index contributed by atoms with van der Waals surface area (Å²) in [7, 11) is 0. The number of amides is 1. The van der Waals surface area contributed by atoms with Crippen molar-refractivity contribution in [2.45, 2.75) is 26.3 Å². The van der Waals surface area contributed by atoms with Gasteiger partial charge in [-0.05, 0) is 12.0 Å². The van der Waals surface area contributed by atoms with Gasteiger partial charge in [0.1, 0.15) is 0 Å². The van der Waals surface area contributed by atoms with Crippen LogP contribution in [0.3, 0.4) is 0 Å². The number of carbonyl (C=O) groups is 1. The van der Waals surface area contributed by atoms with Crippen LogP contribution in [0.25, 0.3) is 0 Å². The zero-order valence-corrected chi connectivity index (χ0v) is 9.86. The molecule has 1 aromatic rings. The fourth-order valence-corrected chi connectivity index (χ4v) is 1.57. The van der Waals surface area contributed by atoms with Crippen LogP contribution in [0.2, 0.25) is 0 Å². The molecule has 16 heavy (non-hydrogen) atoms. The molecule has 0 fully saturated rings. The Morgan fingerprint density at radius 3 is 2.56 bits per heavy atom. The minimum Gasteiger partial charge on any atom is -0.337 e. The van der Waals surface area contributed by atoms with Gasteiger partial charge in [-0.15, -0.1) is 0 Å². The zero-order chi connectivity index (χ0) is 11.8. The van der Waals surface area contributed by atoms with E-state index in [0.29, 0.717) is 6.54 Å². The van der Waals surface area contributed by atoms with Crippen molar-refractivity contribution in [3.8, 4) is 0 Å². The van der Waals surface area contributed by atoms with Crippen molar-refractivity contribution in [2.75, 3.05) is 13.1 Å². The Bertz CT molecular complexity index is 311. The summed E-state index contributed by atoms with van der Waals surface area (Å²) in [6, 6.07) is 10.0. The first-order valence-electron chi connectivity index (χ1n) is 5.79. The summed E-state index contributed by atoms with van der Waals surface area (Å²) in [4.78, 5) is 13.5. The minimum atomic E-state index is 0.0253. The number of unbranched alkanes of at least 4 members (excludes halogenated alkanes) is 1. The van der Waals surface area contributed by atoms with Gasteiger partial charge in [0.05, 0.1) is 6.54 Å². The van der Waals surface area contributed by atoms with E-state index in [4.69, 9.17) is 5.73 Å². The van der Waals surface area contributed by atoms with Gasteiger partial charge >= 0.3 is 0 Å². The van der Waals surface area contributed by atoms with Crippen LogP contribution in [0.15, 0.2) is 30.3 Å². The summed E-state index contributed by atoms with van der Waals surface area (Å²) < 4.78 is 0. The average molecular weight is 220 g/mol. The Morgan fingerprint density at radius 1 is 1.31 bits per heavy atom. The molecule has 3 heteroatoms. The lowest BCUT2D eigenvalue weighted by Gasteiger charge is -2.22. The monoisotopic (exact) mass is 220 g/mol. The highest BCUT2D eigenvalue weighted by Gasteiger charge is 2.11. The molecule has 0 aromatic heterocycles. The molecule has 0 bridgehead atoms. The quantitative estimate of drug-likeness (QED) is 0.794. The van der Waals surface area contributed by atoms with E-state index in [1.54, 1.807) is 0 Å². The van der Waals surface area contributed by atoms with Gasteiger partial charge in [0.25, 0.3) is 0 Å². The van der Waals surface area contributed by atoms with E-state index in [9.17, 15) is 4.79 Å². The van der Waals surface area contributed by atoms with Crippen LogP contribution in [-0.2, 0) is 11.3 Å². The van der Waals surface area contributed by atoms with Crippen LogP contribution < -0.4 is 5.73 Å². The number of rotatable bonds is 6. The fraction of sp³-hybridized carbons (Fsp3) is 0.462. The van der Waals surface area contributed by atoms with Crippen LogP contribution in [-0.4, -0.2) is 23.9 Å². The molecule has 2 N–H and O–H groups in total. The largest absolute Gasteiger partial charge is 0.337 e. The Kier molecular flexibility index (Phi) is 5.57. The predicted octanol–water partition coefficient (Wildman–Crippen LogP) is 1.77. The van der Waals surface area contributed by atoms with Crippen molar-refractivity contribution in [1.82, 2.24) is 4.90 Å². The molecule has 1 amide bonds. The van der Waals surface area contributed by atoms with Gasteiger partial charge < -0.3 is 10.6 Å². The fourth-order valence-electron chi connectivity index (χ4n) is 1.57. The summed E-state index contributed by atoms with van der Waals surface area (Å²) in [6.45, 7) is 3.67. The molecule has 0 aliphatic carbocycles. The first-order chi connectivity index (χ1) is 7.77. The van der Waals surface area contributed by atoms with Crippen LogP contribution >= 0.6 is 0 Å². The molecule has 0 heterocycles. The second-order valence-corrected chi connectivity index (χ2v) is 3.86. The van der Waals surface area contributed by atoms with Gasteiger partial charge in [-0.2, -0.15) is 0 Å². The number of hydrogen-bond donors (Lipinski definition) is 1. The highest BCUT2D eigenvalue weighted by Crippen LogP contribution is 2.05. The molecule has 0 unspecified atom stereocenters. The maximum Gasteiger partial charge on any atom is 0.236 e. The highest BCUT2D eigenvalue weighted by molar-refractivity contribution is 5.77. The van der Waals surface area contributed by atoms with E-state index in [-0.39, 0.29) is 12.5 Å². The summed E-state index contributed by atoms with van der Waals surface area (Å²) in [5.41, 5.74) is 6.56. The van der Waals surface area contributed by atoms with E-state index in [1.807, 2.05) is 35.2 Å². The lowest BCUT2D eigenvalue weighted by atomic mass is 10.2. The molecule has 1 rings (SSSR count). The molecule has 0 aliphatic rings. The smallest absolute Gasteiger partial charge is 0.236 e. The molecule has 0 aliphatic heterocycles. The van der Waals surface area contributed by atoms with Crippen molar-refractivity contribution >= 4 is 5.91 Å². The first kappa shape index (κ1) is 12.7. The minimum absolute atomic E-state index is 0.0253. The second kappa shape index (κ2) is 7.01. The van der Waals surface area contributed by atoms with Gasteiger partial charge in [0.2, 0.25) is 5.91 Å². The lowest BCUT2D eigenvalue weighted by Crippen LogP contribution is -2.36. The van der Waals surface area contributed by atoms with E-state index in [2.05, 4.69) is 6.92 Å². The van der Waals surface area contributed by atoms with Crippen molar-refractivity contribution in [3.63, 3.8) is 0 Å². The standard InChI is InChI=1S/C13H20N2O/c1-2-3-9-15(13(16)10-14)11-12-7-5-4-6-8-12/h4-8H,2-3,9-11,14H2,1H3. The van der Waals surface area contributed by atoms with Crippen LogP contribution in [0, 0.1) is 0 Å². The number of nitrogens with zero attached hydrogens (tertiary/aromatic N) is 1. The van der Waals surface area contributed by atoms with Crippen LogP contribution in [0.4, 0.5) is 0 Å². The van der Waals surface area contributed by atoms with Crippen molar-refractivity contribution < 1.29 is 4.79 Å². The summed E-state index contributed by atoms with van der Waals surface area (Å²) in [5, 5.41) is 0. The Balaban J connectivity index is 2.59. The second-order valence-electron chi connectivity index (χ2n) is 3.86. The Labute approximate surface area is 97.2 Å². The number of hydrogen-bond acceptors (Lipinski definition) is 2. The van der Waals surface area contributed by atoms with E-state index in [1.165, 1.54) is 0 Å². The average Bonchev–Trinajstić information content (AvgIpc) is 2.34. The summed E-state index contributed by atoms with van der Waals surface area (Å²) in [5.74, 6) is 0.0253. The maximum atomic E-state index is 11.6. The van der Waals surface area contributed by atoms with E-state index < -0.39 is 0 Å². The lowest BCUT2D eigenvalue weighted by molar-refractivity contribution is -0.130. The molecule has 1 aromatic carbocycles. The van der Waals surface area contributed by atoms with Gasteiger partial charge in [-0.1, -0.05) is 43.7 Å². The number of nitrogens with two attached hydrogens (primary N) is 1. The molecular weight excluding hydrogens is 200 g/mol. The van der Waals surface area contributed by atoms with Crippen molar-refractivity contribution in [3.05, 3.63) is 35.9 Å². The van der Waals surface area contributed by atoms with Crippen molar-refractivity contribution in [1.29, 1.82) is 0 Å². The van der Waals surface area contributed by atoms with Gasteiger partial charge in [-0.3, -0.25) is 4.79 Å². The molecule has 88 valence electrons. The van der Waals surface area contributed by atoms with Gasteiger partial charge in [0.15, 0.2) is 0 Å². The summed E-state index contributed by atoms with van der Waals surface area (Å²) >= 11 is 0. The normalized spacial score (nSPS) is 10.1. The van der Waals surface area contributed by atoms with Crippen molar-refractivity contribution in [2.24, 2.45) is 5.73 Å².